The van der Waals surface area contributed by atoms with E-state index in [1.165, 1.54) is 0 Å². The molecule has 3 aromatic rings. The summed E-state index contributed by atoms with van der Waals surface area (Å²) in [6, 6.07) is 13.9. The monoisotopic (exact) mass is 422 g/mol. The molecule has 1 amide bonds. The number of hydrogen-bond acceptors (Lipinski definition) is 6. The number of hydrogen-bond donors (Lipinski definition) is 2. The van der Waals surface area contributed by atoms with E-state index >= 15 is 0 Å². The Labute approximate surface area is 180 Å². The Balaban J connectivity index is 1.15. The maximum Gasteiger partial charge on any atom is 0.407 e. The van der Waals surface area contributed by atoms with Crippen LogP contribution in [0.15, 0.2) is 60.2 Å². The Bertz CT molecular complexity index is 925. The second-order valence-electron chi connectivity index (χ2n) is 7.58. The number of amides is 1. The van der Waals surface area contributed by atoms with Crippen molar-refractivity contribution in [2.45, 2.75) is 38.3 Å². The van der Waals surface area contributed by atoms with Gasteiger partial charge in [0.25, 0.3) is 0 Å². The summed E-state index contributed by atoms with van der Waals surface area (Å²) in [6.45, 7) is 1.21. The number of carbonyl (C=O) groups excluding carboxylic acids is 1. The fourth-order valence-electron chi connectivity index (χ4n) is 3.68. The van der Waals surface area contributed by atoms with Crippen molar-refractivity contribution < 1.29 is 9.53 Å². The van der Waals surface area contributed by atoms with Crippen LogP contribution >= 0.6 is 11.3 Å². The number of alkyl carbamates (subject to hydrolysis) is 1. The third-order valence-corrected chi connectivity index (χ3v) is 6.18. The number of nitrogens with zero attached hydrogens (tertiary/aromatic N) is 2. The zero-order chi connectivity index (χ0) is 20.6. The summed E-state index contributed by atoms with van der Waals surface area (Å²) in [5.74, 6) is 0.592. The van der Waals surface area contributed by atoms with Gasteiger partial charge in [-0.05, 0) is 49.3 Å². The molecular weight excluding hydrogens is 396 g/mol. The van der Waals surface area contributed by atoms with Crippen LogP contribution in [-0.2, 0) is 11.3 Å². The summed E-state index contributed by atoms with van der Waals surface area (Å²) in [4.78, 5) is 20.8. The minimum atomic E-state index is -0.328. The fraction of sp³-hybridized carbons (Fsp3) is 0.348. The first-order valence-electron chi connectivity index (χ1n) is 10.3. The number of benzene rings is 1. The van der Waals surface area contributed by atoms with Gasteiger partial charge in [0.15, 0.2) is 5.13 Å². The van der Waals surface area contributed by atoms with Crippen molar-refractivity contribution in [2.24, 2.45) is 5.92 Å². The zero-order valence-corrected chi connectivity index (χ0v) is 17.6. The predicted molar refractivity (Wildman–Crippen MR) is 119 cm³/mol. The Morgan fingerprint density at radius 1 is 1.10 bits per heavy atom. The van der Waals surface area contributed by atoms with Crippen LogP contribution in [0.25, 0.3) is 11.3 Å². The van der Waals surface area contributed by atoms with Gasteiger partial charge in [0.2, 0.25) is 0 Å². The Kier molecular flexibility index (Phi) is 6.92. The lowest BCUT2D eigenvalue weighted by Gasteiger charge is -2.28. The van der Waals surface area contributed by atoms with Gasteiger partial charge >= 0.3 is 6.09 Å². The van der Waals surface area contributed by atoms with Crippen molar-refractivity contribution >= 4 is 22.6 Å². The maximum atomic E-state index is 12.0. The van der Waals surface area contributed by atoms with Crippen molar-refractivity contribution in [3.05, 3.63) is 65.8 Å². The summed E-state index contributed by atoms with van der Waals surface area (Å²) in [6.07, 6.45) is 7.39. The molecule has 2 heterocycles. The van der Waals surface area contributed by atoms with Gasteiger partial charge in [0.05, 0.1) is 5.69 Å². The summed E-state index contributed by atoms with van der Waals surface area (Å²) in [7, 11) is 0. The van der Waals surface area contributed by atoms with E-state index in [1.807, 2.05) is 48.7 Å². The summed E-state index contributed by atoms with van der Waals surface area (Å²) < 4.78 is 5.33. The average molecular weight is 423 g/mol. The number of ether oxygens (including phenoxy) is 1. The molecule has 2 aromatic heterocycles. The first-order valence-corrected chi connectivity index (χ1v) is 11.2. The molecule has 156 valence electrons. The number of nitrogens with one attached hydrogen (secondary N) is 2. The van der Waals surface area contributed by atoms with Crippen LogP contribution in [0.1, 0.15) is 31.2 Å². The number of anilines is 1. The molecule has 1 aliphatic rings. The molecule has 30 heavy (non-hydrogen) atoms. The number of aromatic nitrogens is 2. The van der Waals surface area contributed by atoms with Gasteiger partial charge in [-0.15, -0.1) is 11.3 Å². The van der Waals surface area contributed by atoms with E-state index in [2.05, 4.69) is 26.0 Å². The molecule has 7 heteroatoms. The minimum absolute atomic E-state index is 0.196. The summed E-state index contributed by atoms with van der Waals surface area (Å²) in [5.41, 5.74) is 2.99. The number of thiazole rings is 1. The van der Waals surface area contributed by atoms with E-state index in [0.717, 1.165) is 54.2 Å². The lowest BCUT2D eigenvalue weighted by Crippen LogP contribution is -2.38. The molecule has 1 saturated carbocycles. The highest BCUT2D eigenvalue weighted by atomic mass is 32.1. The molecule has 0 radical (unpaired) electrons. The zero-order valence-electron chi connectivity index (χ0n) is 16.8. The Morgan fingerprint density at radius 2 is 1.93 bits per heavy atom. The smallest absolute Gasteiger partial charge is 0.407 e. The number of rotatable bonds is 7. The molecule has 0 spiro atoms. The molecule has 0 bridgehead atoms. The van der Waals surface area contributed by atoms with Gasteiger partial charge in [0.1, 0.15) is 6.61 Å². The molecule has 1 fully saturated rings. The van der Waals surface area contributed by atoms with Crippen LogP contribution in [-0.4, -0.2) is 28.6 Å². The average Bonchev–Trinajstić information content (AvgIpc) is 3.28. The molecule has 4 rings (SSSR count). The summed E-state index contributed by atoms with van der Waals surface area (Å²) in [5, 5.41) is 9.48. The number of pyridine rings is 1. The maximum absolute atomic E-state index is 12.0. The lowest BCUT2D eigenvalue weighted by molar-refractivity contribution is 0.131. The number of carbonyl (C=O) groups is 1. The van der Waals surface area contributed by atoms with E-state index in [0.29, 0.717) is 12.5 Å². The van der Waals surface area contributed by atoms with Gasteiger partial charge < -0.3 is 15.4 Å². The quantitative estimate of drug-likeness (QED) is 0.554. The first kappa shape index (κ1) is 20.3. The Hall–Kier alpha value is -2.93. The van der Waals surface area contributed by atoms with Gasteiger partial charge in [-0.2, -0.15) is 0 Å². The molecule has 2 N–H and O–H groups in total. The highest BCUT2D eigenvalue weighted by Gasteiger charge is 2.23. The normalized spacial score (nSPS) is 18.5. The minimum Gasteiger partial charge on any atom is -0.445 e. The van der Waals surface area contributed by atoms with Crippen molar-refractivity contribution in [1.82, 2.24) is 15.3 Å². The first-order chi connectivity index (χ1) is 14.8. The summed E-state index contributed by atoms with van der Waals surface area (Å²) >= 11 is 1.62. The van der Waals surface area contributed by atoms with Gasteiger partial charge in [-0.1, -0.05) is 30.3 Å². The van der Waals surface area contributed by atoms with Crippen LogP contribution in [0.2, 0.25) is 0 Å². The van der Waals surface area contributed by atoms with Crippen LogP contribution in [0, 0.1) is 5.92 Å². The third-order valence-electron chi connectivity index (χ3n) is 5.38. The molecule has 0 saturated heterocycles. The second kappa shape index (κ2) is 10.2. The second-order valence-corrected chi connectivity index (χ2v) is 8.44. The van der Waals surface area contributed by atoms with Crippen LogP contribution in [0.3, 0.4) is 0 Å². The molecule has 0 aliphatic heterocycles. The van der Waals surface area contributed by atoms with Crippen molar-refractivity contribution in [2.75, 3.05) is 11.9 Å². The van der Waals surface area contributed by atoms with Gasteiger partial charge in [0, 0.05) is 35.9 Å². The predicted octanol–water partition coefficient (Wildman–Crippen LogP) is 5.10. The third kappa shape index (κ3) is 5.79. The van der Waals surface area contributed by atoms with Crippen LogP contribution < -0.4 is 10.6 Å². The van der Waals surface area contributed by atoms with Crippen molar-refractivity contribution in [1.29, 1.82) is 0 Å². The molecule has 0 unspecified atom stereocenters. The van der Waals surface area contributed by atoms with Crippen LogP contribution in [0.5, 0.6) is 0 Å². The van der Waals surface area contributed by atoms with Gasteiger partial charge in [-0.3, -0.25) is 4.98 Å². The fourth-order valence-corrected chi connectivity index (χ4v) is 4.41. The highest BCUT2D eigenvalue weighted by molar-refractivity contribution is 7.14. The van der Waals surface area contributed by atoms with E-state index in [9.17, 15) is 4.79 Å². The molecule has 0 atom stereocenters. The van der Waals surface area contributed by atoms with E-state index in [4.69, 9.17) is 4.74 Å². The van der Waals surface area contributed by atoms with E-state index in [-0.39, 0.29) is 12.1 Å². The standard InChI is InChI=1S/C23H26N4O2S/c28-23(29-15-18-5-2-1-3-6-18)26-20-10-8-17(9-11-20)13-25-22-27-21(16-30-22)19-7-4-12-24-14-19/h1-7,12,14,16-17,20H,8-11,13,15H2,(H,25,27)(H,26,28)/t17-,20-. The largest absolute Gasteiger partial charge is 0.445 e. The van der Waals surface area contributed by atoms with E-state index in [1.54, 1.807) is 17.5 Å². The van der Waals surface area contributed by atoms with E-state index < -0.39 is 0 Å². The van der Waals surface area contributed by atoms with Crippen molar-refractivity contribution in [3.8, 4) is 11.3 Å². The molecule has 6 nitrogen and oxygen atoms in total. The van der Waals surface area contributed by atoms with Crippen molar-refractivity contribution in [3.63, 3.8) is 0 Å². The molecular formula is C23H26N4O2S. The molecule has 1 aliphatic carbocycles. The topological polar surface area (TPSA) is 76.1 Å². The Morgan fingerprint density at radius 3 is 2.70 bits per heavy atom. The molecule has 1 aromatic carbocycles. The SMILES string of the molecule is O=C(N[C@H]1CC[C@H](CNc2nc(-c3cccnc3)cs2)CC1)OCc1ccccc1. The van der Waals surface area contributed by atoms with Gasteiger partial charge in [-0.25, -0.2) is 9.78 Å². The lowest BCUT2D eigenvalue weighted by atomic mass is 9.86. The van der Waals surface area contributed by atoms with Crippen LogP contribution in [0.4, 0.5) is 9.93 Å². The highest BCUT2D eigenvalue weighted by Crippen LogP contribution is 2.27.